The third-order valence-electron chi connectivity index (χ3n) is 8.27. The Labute approximate surface area is 235 Å². The second kappa shape index (κ2) is 13.9. The maximum absolute atomic E-state index is 11.6. The van der Waals surface area contributed by atoms with E-state index in [0.29, 0.717) is 11.8 Å². The van der Waals surface area contributed by atoms with E-state index in [1.807, 2.05) is 12.1 Å². The number of hydrogen-bond acceptors (Lipinski definition) is 2. The van der Waals surface area contributed by atoms with Gasteiger partial charge in [-0.25, -0.2) is 0 Å². The normalized spacial score (nSPS) is 14.1. The summed E-state index contributed by atoms with van der Waals surface area (Å²) in [6, 6.07) is 8.53. The highest BCUT2D eigenvalue weighted by atomic mass is 16.3. The van der Waals surface area contributed by atoms with Gasteiger partial charge in [0.05, 0.1) is 0 Å². The SMILES string of the molecule is CCCCCCC(C)c1cc(O)c(-c2c(O)cc(C(C)CCCCCC)cc2C(C)(C)C)c(C(C)(C)C)c1. The highest BCUT2D eigenvalue weighted by molar-refractivity contribution is 5.83. The van der Waals surface area contributed by atoms with Crippen molar-refractivity contribution in [2.45, 2.75) is 156 Å². The van der Waals surface area contributed by atoms with Crippen molar-refractivity contribution in [2.75, 3.05) is 0 Å². The molecular weight excluding hydrogens is 464 g/mol. The zero-order valence-electron chi connectivity index (χ0n) is 26.4. The average molecular weight is 523 g/mol. The fourth-order valence-corrected chi connectivity index (χ4v) is 5.66. The zero-order valence-corrected chi connectivity index (χ0v) is 26.4. The summed E-state index contributed by atoms with van der Waals surface area (Å²) in [6.45, 7) is 22.3. The van der Waals surface area contributed by atoms with Crippen LogP contribution < -0.4 is 0 Å². The Bertz CT molecular complexity index is 936. The molecule has 0 saturated heterocycles. The molecule has 0 amide bonds. The van der Waals surface area contributed by atoms with E-state index in [1.54, 1.807) is 0 Å². The van der Waals surface area contributed by atoms with Gasteiger partial charge in [-0.2, -0.15) is 0 Å². The van der Waals surface area contributed by atoms with Crippen LogP contribution in [0.25, 0.3) is 11.1 Å². The fraction of sp³-hybridized carbons (Fsp3) is 0.667. The predicted octanol–water partition coefficient (Wildman–Crippen LogP) is 11.5. The number of hydrogen-bond donors (Lipinski definition) is 2. The quantitative estimate of drug-likeness (QED) is 0.257. The molecule has 2 rings (SSSR count). The van der Waals surface area contributed by atoms with Gasteiger partial charge in [0.1, 0.15) is 11.5 Å². The first-order valence-electron chi connectivity index (χ1n) is 15.5. The summed E-state index contributed by atoms with van der Waals surface area (Å²) in [5.41, 5.74) is 5.83. The van der Waals surface area contributed by atoms with Gasteiger partial charge in [-0.15, -0.1) is 0 Å². The van der Waals surface area contributed by atoms with Crippen LogP contribution in [0.3, 0.4) is 0 Å². The van der Waals surface area contributed by atoms with Crippen molar-refractivity contribution in [1.82, 2.24) is 0 Å². The van der Waals surface area contributed by atoms with Crippen LogP contribution in [0.4, 0.5) is 0 Å². The Balaban J connectivity index is 2.62. The Morgan fingerprint density at radius 1 is 0.553 bits per heavy atom. The predicted molar refractivity (Wildman–Crippen MR) is 167 cm³/mol. The molecule has 0 bridgehead atoms. The van der Waals surface area contributed by atoms with Crippen molar-refractivity contribution in [3.8, 4) is 22.6 Å². The molecule has 2 nitrogen and oxygen atoms in total. The van der Waals surface area contributed by atoms with Gasteiger partial charge in [0.2, 0.25) is 0 Å². The van der Waals surface area contributed by atoms with Gasteiger partial charge in [0.15, 0.2) is 0 Å². The molecule has 2 N–H and O–H groups in total. The smallest absolute Gasteiger partial charge is 0.124 e. The van der Waals surface area contributed by atoms with Crippen LogP contribution in [0.15, 0.2) is 24.3 Å². The monoisotopic (exact) mass is 522 g/mol. The third kappa shape index (κ3) is 8.52. The molecule has 0 saturated carbocycles. The maximum atomic E-state index is 11.6. The molecule has 0 aliphatic carbocycles. The topological polar surface area (TPSA) is 40.5 Å². The van der Waals surface area contributed by atoms with Gasteiger partial charge in [-0.1, -0.05) is 133 Å². The summed E-state index contributed by atoms with van der Waals surface area (Å²) in [7, 11) is 0. The first kappa shape index (κ1) is 32.3. The minimum absolute atomic E-state index is 0.183. The van der Waals surface area contributed by atoms with Gasteiger partial charge >= 0.3 is 0 Å². The summed E-state index contributed by atoms with van der Waals surface area (Å²) in [4.78, 5) is 0. The van der Waals surface area contributed by atoms with Gasteiger partial charge < -0.3 is 10.2 Å². The second-order valence-corrected chi connectivity index (χ2v) is 13.9. The highest BCUT2D eigenvalue weighted by Gasteiger charge is 2.30. The van der Waals surface area contributed by atoms with E-state index in [0.717, 1.165) is 35.1 Å². The lowest BCUT2D eigenvalue weighted by Crippen LogP contribution is -2.18. The van der Waals surface area contributed by atoms with Crippen molar-refractivity contribution < 1.29 is 10.2 Å². The van der Waals surface area contributed by atoms with Crippen LogP contribution in [-0.4, -0.2) is 10.2 Å². The molecular formula is C36H58O2. The third-order valence-corrected chi connectivity index (χ3v) is 8.27. The van der Waals surface area contributed by atoms with Gasteiger partial charge in [-0.05, 0) is 69.9 Å². The van der Waals surface area contributed by atoms with Crippen LogP contribution in [-0.2, 0) is 10.8 Å². The highest BCUT2D eigenvalue weighted by Crippen LogP contribution is 2.49. The van der Waals surface area contributed by atoms with Crippen molar-refractivity contribution in [3.63, 3.8) is 0 Å². The van der Waals surface area contributed by atoms with Crippen molar-refractivity contribution in [1.29, 1.82) is 0 Å². The fourth-order valence-electron chi connectivity index (χ4n) is 5.66. The zero-order chi connectivity index (χ0) is 28.7. The summed E-state index contributed by atoms with van der Waals surface area (Å²) < 4.78 is 0. The van der Waals surface area contributed by atoms with E-state index in [1.165, 1.54) is 62.5 Å². The van der Waals surface area contributed by atoms with Gasteiger partial charge in [0.25, 0.3) is 0 Å². The first-order valence-corrected chi connectivity index (χ1v) is 15.5. The number of phenols is 2. The summed E-state index contributed by atoms with van der Waals surface area (Å²) in [5.74, 6) is 1.35. The van der Waals surface area contributed by atoms with Gasteiger partial charge in [-0.3, -0.25) is 0 Å². The molecule has 2 aromatic carbocycles. The molecule has 214 valence electrons. The lowest BCUT2D eigenvalue weighted by Gasteiger charge is -2.31. The van der Waals surface area contributed by atoms with Crippen LogP contribution in [0.2, 0.25) is 0 Å². The van der Waals surface area contributed by atoms with Crippen molar-refractivity contribution in [3.05, 3.63) is 46.5 Å². The molecule has 0 aromatic heterocycles. The number of rotatable bonds is 13. The minimum Gasteiger partial charge on any atom is -0.507 e. The molecule has 0 heterocycles. The van der Waals surface area contributed by atoms with E-state index in [9.17, 15) is 10.2 Å². The molecule has 2 unspecified atom stereocenters. The number of aromatic hydroxyl groups is 2. The average Bonchev–Trinajstić information content (AvgIpc) is 2.82. The second-order valence-electron chi connectivity index (χ2n) is 13.9. The Morgan fingerprint density at radius 2 is 0.895 bits per heavy atom. The summed E-state index contributed by atoms with van der Waals surface area (Å²) in [5, 5.41) is 23.2. The van der Waals surface area contributed by atoms with E-state index >= 15 is 0 Å². The number of benzene rings is 2. The van der Waals surface area contributed by atoms with Crippen molar-refractivity contribution in [2.24, 2.45) is 0 Å². The van der Waals surface area contributed by atoms with E-state index in [2.05, 4.69) is 81.4 Å². The van der Waals surface area contributed by atoms with E-state index < -0.39 is 0 Å². The molecule has 2 aromatic rings. The molecule has 0 spiro atoms. The molecule has 2 atom stereocenters. The maximum Gasteiger partial charge on any atom is 0.124 e. The van der Waals surface area contributed by atoms with E-state index in [-0.39, 0.29) is 22.3 Å². The lowest BCUT2D eigenvalue weighted by molar-refractivity contribution is 0.460. The standard InChI is InChI=1S/C36H58O2/c1-11-13-15-17-19-25(3)27-21-29(35(5,6)7)33(31(37)23-27)34-30(36(8,9)10)22-28(24-32(34)38)26(4)20-18-16-14-12-2/h21-26,37-38H,11-20H2,1-10H3. The van der Waals surface area contributed by atoms with Crippen molar-refractivity contribution >= 4 is 0 Å². The first-order chi connectivity index (χ1) is 17.7. The molecule has 0 radical (unpaired) electrons. The largest absolute Gasteiger partial charge is 0.507 e. The Kier molecular flexibility index (Phi) is 11.8. The Morgan fingerprint density at radius 3 is 1.18 bits per heavy atom. The molecule has 0 fully saturated rings. The number of unbranched alkanes of at least 4 members (excludes halogenated alkanes) is 6. The summed E-state index contributed by atoms with van der Waals surface area (Å²) >= 11 is 0. The van der Waals surface area contributed by atoms with E-state index in [4.69, 9.17) is 0 Å². The summed E-state index contributed by atoms with van der Waals surface area (Å²) in [6.07, 6.45) is 12.3. The van der Waals surface area contributed by atoms with Crippen LogP contribution in [0, 0.1) is 0 Å². The molecule has 0 aliphatic rings. The lowest BCUT2D eigenvalue weighted by atomic mass is 9.74. The minimum atomic E-state index is -0.183. The van der Waals surface area contributed by atoms with Crippen LogP contribution in [0.1, 0.15) is 168 Å². The Hall–Kier alpha value is -1.96. The number of phenolic OH excluding ortho intramolecular Hbond substituents is 2. The molecule has 38 heavy (non-hydrogen) atoms. The molecule has 2 heteroatoms. The van der Waals surface area contributed by atoms with Gasteiger partial charge in [0, 0.05) is 11.1 Å². The van der Waals surface area contributed by atoms with Crippen LogP contribution >= 0.6 is 0 Å². The van der Waals surface area contributed by atoms with Crippen LogP contribution in [0.5, 0.6) is 11.5 Å². The molecule has 0 aliphatic heterocycles.